The molecule has 0 heterocycles. The van der Waals surface area contributed by atoms with Crippen molar-refractivity contribution in [1.82, 2.24) is 4.90 Å². The molecule has 0 aliphatic heterocycles. The molecule has 0 unspecified atom stereocenters. The van der Waals surface area contributed by atoms with Gasteiger partial charge >= 0.3 is 0 Å². The van der Waals surface area contributed by atoms with Crippen LogP contribution in [0.3, 0.4) is 0 Å². The van der Waals surface area contributed by atoms with Crippen molar-refractivity contribution in [2.24, 2.45) is 16.9 Å². The third kappa shape index (κ3) is 6.54. The molecular weight excluding hydrogens is 166 g/mol. The Morgan fingerprint density at radius 1 is 1.46 bits per heavy atom. The minimum Gasteiger partial charge on any atom is -0.370 e. The van der Waals surface area contributed by atoms with Crippen molar-refractivity contribution in [2.75, 3.05) is 26.7 Å². The van der Waals surface area contributed by atoms with Crippen LogP contribution in [0.2, 0.25) is 0 Å². The number of amides is 1. The molecule has 4 heteroatoms. The SMILES string of the molecule is CN(CCC(N)=O)CC(C)(C)CN. The van der Waals surface area contributed by atoms with Gasteiger partial charge in [0.2, 0.25) is 5.91 Å². The van der Waals surface area contributed by atoms with Crippen LogP contribution in [0.25, 0.3) is 0 Å². The number of nitrogens with two attached hydrogens (primary N) is 2. The number of hydrogen-bond donors (Lipinski definition) is 2. The smallest absolute Gasteiger partial charge is 0.218 e. The van der Waals surface area contributed by atoms with Gasteiger partial charge in [0.05, 0.1) is 0 Å². The second-order valence-electron chi connectivity index (χ2n) is 4.32. The number of nitrogens with zero attached hydrogens (tertiary/aromatic N) is 1. The van der Waals surface area contributed by atoms with E-state index >= 15 is 0 Å². The maximum absolute atomic E-state index is 10.5. The summed E-state index contributed by atoms with van der Waals surface area (Å²) in [7, 11) is 1.97. The van der Waals surface area contributed by atoms with Gasteiger partial charge in [0.1, 0.15) is 0 Å². The Labute approximate surface area is 80.3 Å². The summed E-state index contributed by atoms with van der Waals surface area (Å²) in [4.78, 5) is 12.6. The first-order chi connectivity index (χ1) is 5.87. The molecule has 0 saturated carbocycles. The van der Waals surface area contributed by atoms with Crippen LogP contribution < -0.4 is 11.5 Å². The maximum Gasteiger partial charge on any atom is 0.218 e. The van der Waals surface area contributed by atoms with E-state index in [0.717, 1.165) is 6.54 Å². The Kier molecular flexibility index (Phi) is 4.95. The highest BCUT2D eigenvalue weighted by atomic mass is 16.1. The zero-order valence-corrected chi connectivity index (χ0v) is 8.84. The predicted molar refractivity (Wildman–Crippen MR) is 54.1 cm³/mol. The van der Waals surface area contributed by atoms with Crippen LogP contribution in [0.4, 0.5) is 0 Å². The minimum absolute atomic E-state index is 0.104. The molecule has 0 radical (unpaired) electrons. The van der Waals surface area contributed by atoms with Gasteiger partial charge in [0.15, 0.2) is 0 Å². The van der Waals surface area contributed by atoms with E-state index in [1.807, 2.05) is 7.05 Å². The van der Waals surface area contributed by atoms with Crippen LogP contribution in [-0.2, 0) is 4.79 Å². The van der Waals surface area contributed by atoms with Gasteiger partial charge in [0, 0.05) is 19.5 Å². The average Bonchev–Trinajstić information content (AvgIpc) is 2.00. The van der Waals surface area contributed by atoms with Crippen LogP contribution in [0.1, 0.15) is 20.3 Å². The third-order valence-electron chi connectivity index (χ3n) is 1.99. The first-order valence-electron chi connectivity index (χ1n) is 4.54. The molecule has 0 aromatic rings. The highest BCUT2D eigenvalue weighted by molar-refractivity contribution is 5.73. The number of carbonyl (C=O) groups is 1. The second-order valence-corrected chi connectivity index (χ2v) is 4.32. The van der Waals surface area contributed by atoms with Gasteiger partial charge in [-0.1, -0.05) is 13.8 Å². The van der Waals surface area contributed by atoms with E-state index in [9.17, 15) is 4.79 Å². The Balaban J connectivity index is 3.73. The Morgan fingerprint density at radius 3 is 2.38 bits per heavy atom. The lowest BCUT2D eigenvalue weighted by molar-refractivity contribution is -0.118. The van der Waals surface area contributed by atoms with Gasteiger partial charge in [-0.05, 0) is 19.0 Å². The lowest BCUT2D eigenvalue weighted by Crippen LogP contribution is -2.37. The third-order valence-corrected chi connectivity index (χ3v) is 1.99. The van der Waals surface area contributed by atoms with E-state index in [0.29, 0.717) is 19.5 Å². The van der Waals surface area contributed by atoms with E-state index in [4.69, 9.17) is 11.5 Å². The number of carbonyl (C=O) groups excluding carboxylic acids is 1. The monoisotopic (exact) mass is 187 g/mol. The van der Waals surface area contributed by atoms with E-state index in [2.05, 4.69) is 18.7 Å². The Morgan fingerprint density at radius 2 is 2.00 bits per heavy atom. The van der Waals surface area contributed by atoms with Crippen molar-refractivity contribution in [3.8, 4) is 0 Å². The zero-order chi connectivity index (χ0) is 10.5. The van der Waals surface area contributed by atoms with Gasteiger partial charge in [-0.15, -0.1) is 0 Å². The second kappa shape index (κ2) is 5.19. The first kappa shape index (κ1) is 12.4. The molecule has 0 aliphatic carbocycles. The van der Waals surface area contributed by atoms with Crippen LogP contribution in [0.15, 0.2) is 0 Å². The van der Waals surface area contributed by atoms with E-state index in [1.165, 1.54) is 0 Å². The molecule has 0 aliphatic rings. The predicted octanol–water partition coefficient (Wildman–Crippen LogP) is -0.221. The van der Waals surface area contributed by atoms with Crippen LogP contribution >= 0.6 is 0 Å². The van der Waals surface area contributed by atoms with E-state index in [1.54, 1.807) is 0 Å². The maximum atomic E-state index is 10.5. The summed E-state index contributed by atoms with van der Waals surface area (Å²) < 4.78 is 0. The zero-order valence-electron chi connectivity index (χ0n) is 8.84. The minimum atomic E-state index is -0.252. The first-order valence-corrected chi connectivity index (χ1v) is 4.54. The molecule has 4 nitrogen and oxygen atoms in total. The molecule has 13 heavy (non-hydrogen) atoms. The number of hydrogen-bond acceptors (Lipinski definition) is 3. The molecule has 0 spiro atoms. The lowest BCUT2D eigenvalue weighted by Gasteiger charge is -2.28. The summed E-state index contributed by atoms with van der Waals surface area (Å²) >= 11 is 0. The molecule has 0 fully saturated rings. The highest BCUT2D eigenvalue weighted by Gasteiger charge is 2.17. The highest BCUT2D eigenvalue weighted by Crippen LogP contribution is 2.13. The molecule has 0 atom stereocenters. The summed E-state index contributed by atoms with van der Waals surface area (Å²) in [6.45, 7) is 6.45. The van der Waals surface area contributed by atoms with Crippen molar-refractivity contribution in [3.05, 3.63) is 0 Å². The summed E-state index contributed by atoms with van der Waals surface area (Å²) in [6.07, 6.45) is 0.414. The standard InChI is InChI=1S/C9H21N3O/c1-9(2,6-10)7-12(3)5-4-8(11)13/h4-7,10H2,1-3H3,(H2,11,13). The van der Waals surface area contributed by atoms with Crippen LogP contribution in [0.5, 0.6) is 0 Å². The van der Waals surface area contributed by atoms with Crippen molar-refractivity contribution >= 4 is 5.91 Å². The van der Waals surface area contributed by atoms with E-state index in [-0.39, 0.29) is 11.3 Å². The quantitative estimate of drug-likeness (QED) is 0.604. The van der Waals surface area contributed by atoms with Crippen molar-refractivity contribution in [3.63, 3.8) is 0 Å². The summed E-state index contributed by atoms with van der Waals surface area (Å²) in [5.41, 5.74) is 10.7. The van der Waals surface area contributed by atoms with Gasteiger partial charge in [-0.25, -0.2) is 0 Å². The molecule has 78 valence electrons. The van der Waals surface area contributed by atoms with Gasteiger partial charge in [-0.3, -0.25) is 4.79 Å². The molecular formula is C9H21N3O. The lowest BCUT2D eigenvalue weighted by atomic mass is 9.93. The van der Waals surface area contributed by atoms with Gasteiger partial charge in [-0.2, -0.15) is 0 Å². The molecule has 0 aromatic heterocycles. The average molecular weight is 187 g/mol. The molecule has 1 amide bonds. The topological polar surface area (TPSA) is 72.3 Å². The Hall–Kier alpha value is -0.610. The number of rotatable bonds is 6. The number of primary amides is 1. The normalized spacial score (nSPS) is 12.1. The molecule has 0 aromatic carbocycles. The Bertz CT molecular complexity index is 168. The summed E-state index contributed by atoms with van der Waals surface area (Å²) in [5.74, 6) is -0.252. The molecule has 0 saturated heterocycles. The fourth-order valence-corrected chi connectivity index (χ4v) is 1.18. The van der Waals surface area contributed by atoms with E-state index < -0.39 is 0 Å². The van der Waals surface area contributed by atoms with Crippen molar-refractivity contribution in [1.29, 1.82) is 0 Å². The van der Waals surface area contributed by atoms with Crippen molar-refractivity contribution < 1.29 is 4.79 Å². The van der Waals surface area contributed by atoms with Crippen LogP contribution in [-0.4, -0.2) is 37.5 Å². The van der Waals surface area contributed by atoms with Crippen LogP contribution in [0, 0.1) is 5.41 Å². The van der Waals surface area contributed by atoms with Gasteiger partial charge < -0.3 is 16.4 Å². The van der Waals surface area contributed by atoms with Gasteiger partial charge in [0.25, 0.3) is 0 Å². The summed E-state index contributed by atoms with van der Waals surface area (Å²) in [5, 5.41) is 0. The molecule has 4 N–H and O–H groups in total. The fraction of sp³-hybridized carbons (Fsp3) is 0.889. The molecule has 0 rings (SSSR count). The fourth-order valence-electron chi connectivity index (χ4n) is 1.18. The summed E-state index contributed by atoms with van der Waals surface area (Å²) in [6, 6.07) is 0. The largest absolute Gasteiger partial charge is 0.370 e. The van der Waals surface area contributed by atoms with Crippen molar-refractivity contribution in [2.45, 2.75) is 20.3 Å². The molecule has 0 bridgehead atoms.